The molecule has 4 nitrogen and oxygen atoms in total. The van der Waals surface area contributed by atoms with Crippen LogP contribution < -0.4 is 0 Å². The Kier molecular flexibility index (Phi) is 2.83. The summed E-state index contributed by atoms with van der Waals surface area (Å²) in [6.07, 6.45) is 1.64. The van der Waals surface area contributed by atoms with Crippen LogP contribution in [0.25, 0.3) is 16.7 Å². The number of carbonyl (C=O) groups is 1. The number of aromatic carboxylic acids is 1. The van der Waals surface area contributed by atoms with Crippen LogP contribution >= 0.6 is 15.9 Å². The Bertz CT molecular complexity index is 780. The van der Waals surface area contributed by atoms with E-state index >= 15 is 0 Å². The molecule has 0 bridgehead atoms. The van der Waals surface area contributed by atoms with E-state index in [1.165, 1.54) is 0 Å². The Morgan fingerprint density at radius 2 is 2.00 bits per heavy atom. The van der Waals surface area contributed by atoms with Crippen molar-refractivity contribution in [2.75, 3.05) is 0 Å². The lowest BCUT2D eigenvalue weighted by molar-refractivity contribution is 0.0697. The number of aromatic nitrogens is 2. The number of benzene rings is 2. The highest BCUT2D eigenvalue weighted by atomic mass is 79.9. The third kappa shape index (κ3) is 2.02. The molecule has 3 aromatic rings. The zero-order valence-electron chi connectivity index (χ0n) is 9.75. The average molecular weight is 317 g/mol. The summed E-state index contributed by atoms with van der Waals surface area (Å²) in [6, 6.07) is 12.8. The zero-order chi connectivity index (χ0) is 13.4. The van der Waals surface area contributed by atoms with Crippen LogP contribution in [0.4, 0.5) is 0 Å². The van der Waals surface area contributed by atoms with Gasteiger partial charge in [0.05, 0.1) is 22.3 Å². The van der Waals surface area contributed by atoms with Gasteiger partial charge in [0.1, 0.15) is 6.33 Å². The maximum absolute atomic E-state index is 11.4. The summed E-state index contributed by atoms with van der Waals surface area (Å²) < 4.78 is 2.52. The van der Waals surface area contributed by atoms with E-state index in [9.17, 15) is 9.90 Å². The molecule has 0 spiro atoms. The smallest absolute Gasteiger partial charge is 0.337 e. The third-order valence-electron chi connectivity index (χ3n) is 2.90. The van der Waals surface area contributed by atoms with Gasteiger partial charge in [0.25, 0.3) is 0 Å². The van der Waals surface area contributed by atoms with E-state index in [1.807, 2.05) is 30.3 Å². The Morgan fingerprint density at radius 1 is 1.21 bits per heavy atom. The first-order valence-electron chi connectivity index (χ1n) is 5.62. The Morgan fingerprint density at radius 3 is 2.79 bits per heavy atom. The minimum atomic E-state index is -0.964. The van der Waals surface area contributed by atoms with Crippen molar-refractivity contribution in [3.63, 3.8) is 0 Å². The molecule has 0 aliphatic carbocycles. The number of fused-ring (bicyclic) bond motifs is 1. The fraction of sp³-hybridized carbons (Fsp3) is 0. The highest BCUT2D eigenvalue weighted by Gasteiger charge is 2.14. The van der Waals surface area contributed by atoms with Crippen molar-refractivity contribution in [3.8, 4) is 5.69 Å². The van der Waals surface area contributed by atoms with Gasteiger partial charge in [0.15, 0.2) is 0 Å². The number of halogens is 1. The number of carboxylic acid groups (broad SMARTS) is 1. The molecular formula is C14H9BrN2O2. The van der Waals surface area contributed by atoms with Crippen LogP contribution in [0.15, 0.2) is 53.3 Å². The zero-order valence-corrected chi connectivity index (χ0v) is 11.3. The van der Waals surface area contributed by atoms with Gasteiger partial charge in [-0.05, 0) is 30.3 Å². The molecule has 0 fully saturated rings. The first-order valence-corrected chi connectivity index (χ1v) is 6.41. The minimum absolute atomic E-state index is 0.234. The van der Waals surface area contributed by atoms with Crippen molar-refractivity contribution in [3.05, 3.63) is 58.8 Å². The lowest BCUT2D eigenvalue weighted by Gasteiger charge is -2.08. The highest BCUT2D eigenvalue weighted by molar-refractivity contribution is 9.10. The SMILES string of the molecule is O=C(O)c1cc(Br)ccc1-n1cnc2ccccc21. The Hall–Kier alpha value is -2.14. The molecule has 0 atom stereocenters. The summed E-state index contributed by atoms with van der Waals surface area (Å²) in [5.74, 6) is -0.964. The van der Waals surface area contributed by atoms with Gasteiger partial charge in [-0.2, -0.15) is 0 Å². The Balaban J connectivity index is 2.30. The number of para-hydroxylation sites is 2. The molecule has 3 rings (SSSR count). The second-order valence-electron chi connectivity index (χ2n) is 4.07. The fourth-order valence-electron chi connectivity index (χ4n) is 2.04. The van der Waals surface area contributed by atoms with Crippen LogP contribution in [0.5, 0.6) is 0 Å². The van der Waals surface area contributed by atoms with Crippen molar-refractivity contribution in [1.29, 1.82) is 0 Å². The lowest BCUT2D eigenvalue weighted by atomic mass is 10.1. The normalized spacial score (nSPS) is 10.8. The predicted octanol–water partition coefficient (Wildman–Crippen LogP) is 3.49. The van der Waals surface area contributed by atoms with E-state index in [-0.39, 0.29) is 5.56 Å². The number of carboxylic acids is 1. The molecule has 0 aliphatic heterocycles. The number of hydrogen-bond donors (Lipinski definition) is 1. The highest BCUT2D eigenvalue weighted by Crippen LogP contribution is 2.24. The monoisotopic (exact) mass is 316 g/mol. The summed E-state index contributed by atoms with van der Waals surface area (Å²) in [7, 11) is 0. The van der Waals surface area contributed by atoms with E-state index in [4.69, 9.17) is 0 Å². The van der Waals surface area contributed by atoms with Crippen LogP contribution in [0.2, 0.25) is 0 Å². The van der Waals surface area contributed by atoms with Crippen molar-refractivity contribution in [2.45, 2.75) is 0 Å². The van der Waals surface area contributed by atoms with Crippen molar-refractivity contribution < 1.29 is 9.90 Å². The number of nitrogens with zero attached hydrogens (tertiary/aromatic N) is 2. The van der Waals surface area contributed by atoms with E-state index in [0.29, 0.717) is 5.69 Å². The van der Waals surface area contributed by atoms with Crippen LogP contribution in [0.1, 0.15) is 10.4 Å². The molecule has 0 amide bonds. The van der Waals surface area contributed by atoms with Gasteiger partial charge in [0.2, 0.25) is 0 Å². The molecule has 1 heterocycles. The summed E-state index contributed by atoms with van der Waals surface area (Å²) in [5.41, 5.74) is 2.55. The lowest BCUT2D eigenvalue weighted by Crippen LogP contribution is -2.04. The van der Waals surface area contributed by atoms with Crippen LogP contribution in [0.3, 0.4) is 0 Å². The molecule has 0 radical (unpaired) electrons. The second kappa shape index (κ2) is 4.51. The van der Waals surface area contributed by atoms with Crippen LogP contribution in [-0.2, 0) is 0 Å². The molecule has 0 saturated carbocycles. The maximum Gasteiger partial charge on any atom is 0.337 e. The van der Waals surface area contributed by atoms with Gasteiger partial charge < -0.3 is 5.11 Å². The van der Waals surface area contributed by atoms with Crippen molar-refractivity contribution in [2.24, 2.45) is 0 Å². The van der Waals surface area contributed by atoms with Crippen LogP contribution in [-0.4, -0.2) is 20.6 Å². The van der Waals surface area contributed by atoms with E-state index < -0.39 is 5.97 Å². The minimum Gasteiger partial charge on any atom is -0.478 e. The van der Waals surface area contributed by atoms with Gasteiger partial charge in [-0.1, -0.05) is 28.1 Å². The van der Waals surface area contributed by atoms with Gasteiger partial charge in [-0.15, -0.1) is 0 Å². The number of rotatable bonds is 2. The second-order valence-corrected chi connectivity index (χ2v) is 4.99. The summed E-state index contributed by atoms with van der Waals surface area (Å²) in [4.78, 5) is 15.6. The molecular weight excluding hydrogens is 308 g/mol. The third-order valence-corrected chi connectivity index (χ3v) is 3.40. The molecule has 94 valence electrons. The molecule has 0 saturated heterocycles. The number of imidazole rings is 1. The van der Waals surface area contributed by atoms with Gasteiger partial charge >= 0.3 is 5.97 Å². The predicted molar refractivity (Wildman–Crippen MR) is 75.7 cm³/mol. The maximum atomic E-state index is 11.4. The van der Waals surface area contributed by atoms with Crippen LogP contribution in [0, 0.1) is 0 Å². The van der Waals surface area contributed by atoms with Gasteiger partial charge in [0, 0.05) is 4.47 Å². The quantitative estimate of drug-likeness (QED) is 0.787. The van der Waals surface area contributed by atoms with Crippen molar-refractivity contribution in [1.82, 2.24) is 9.55 Å². The molecule has 0 unspecified atom stereocenters. The molecule has 2 aromatic carbocycles. The van der Waals surface area contributed by atoms with Crippen molar-refractivity contribution >= 4 is 32.9 Å². The topological polar surface area (TPSA) is 55.1 Å². The standard InChI is InChI=1S/C14H9BrN2O2/c15-9-5-6-12(10(7-9)14(18)19)17-8-16-11-3-1-2-4-13(11)17/h1-8H,(H,18,19). The largest absolute Gasteiger partial charge is 0.478 e. The average Bonchev–Trinajstić information content (AvgIpc) is 2.82. The molecule has 1 aromatic heterocycles. The summed E-state index contributed by atoms with van der Waals surface area (Å²) in [5, 5.41) is 9.31. The summed E-state index contributed by atoms with van der Waals surface area (Å²) in [6.45, 7) is 0. The summed E-state index contributed by atoms with van der Waals surface area (Å²) >= 11 is 3.29. The number of hydrogen-bond acceptors (Lipinski definition) is 2. The van der Waals surface area contributed by atoms with Gasteiger partial charge in [-0.3, -0.25) is 4.57 Å². The molecule has 0 aliphatic rings. The molecule has 1 N–H and O–H groups in total. The first kappa shape index (κ1) is 11.9. The van der Waals surface area contributed by atoms with E-state index in [0.717, 1.165) is 15.5 Å². The Labute approximate surface area is 117 Å². The van der Waals surface area contributed by atoms with Gasteiger partial charge in [-0.25, -0.2) is 9.78 Å². The van der Waals surface area contributed by atoms with E-state index in [2.05, 4.69) is 20.9 Å². The fourth-order valence-corrected chi connectivity index (χ4v) is 2.40. The first-order chi connectivity index (χ1) is 9.16. The molecule has 19 heavy (non-hydrogen) atoms. The van der Waals surface area contributed by atoms with E-state index in [1.54, 1.807) is 23.0 Å². The molecule has 5 heteroatoms.